The first-order valence-corrected chi connectivity index (χ1v) is 8.77. The Balaban J connectivity index is 1.69. The Bertz CT molecular complexity index is 428. The molecule has 0 radical (unpaired) electrons. The fourth-order valence-corrected chi connectivity index (χ4v) is 4.02. The molecule has 0 aromatic heterocycles. The monoisotopic (exact) mass is 286 g/mol. The lowest BCUT2D eigenvalue weighted by molar-refractivity contribution is 0.0487. The van der Waals surface area contributed by atoms with Crippen molar-refractivity contribution in [1.82, 2.24) is 9.80 Å². The van der Waals surface area contributed by atoms with Gasteiger partial charge in [0.25, 0.3) is 0 Å². The van der Waals surface area contributed by atoms with E-state index in [4.69, 9.17) is 0 Å². The first-order valence-electron chi connectivity index (χ1n) is 8.77. The number of fused-ring (bicyclic) bond motifs is 1. The molecule has 2 nitrogen and oxygen atoms in total. The van der Waals surface area contributed by atoms with Gasteiger partial charge in [0.15, 0.2) is 0 Å². The molecule has 2 saturated heterocycles. The summed E-state index contributed by atoms with van der Waals surface area (Å²) in [5.41, 5.74) is 1.51. The molecule has 2 fully saturated rings. The Hall–Kier alpha value is -0.860. The molecule has 0 aliphatic carbocycles. The van der Waals surface area contributed by atoms with Crippen molar-refractivity contribution in [3.8, 4) is 0 Å². The molecule has 2 heteroatoms. The zero-order valence-electron chi connectivity index (χ0n) is 13.7. The number of hydrogen-bond donors (Lipinski definition) is 0. The zero-order chi connectivity index (χ0) is 14.7. The van der Waals surface area contributed by atoms with Crippen LogP contribution < -0.4 is 0 Å². The van der Waals surface area contributed by atoms with Crippen molar-refractivity contribution in [2.45, 2.75) is 51.6 Å². The normalized spacial score (nSPS) is 27.2. The van der Waals surface area contributed by atoms with Gasteiger partial charge in [0.1, 0.15) is 0 Å². The molecule has 0 saturated carbocycles. The van der Waals surface area contributed by atoms with E-state index in [2.05, 4.69) is 54.0 Å². The topological polar surface area (TPSA) is 6.48 Å². The molecule has 2 aliphatic rings. The number of nitrogens with zero attached hydrogens (tertiary/aromatic N) is 2. The standard InChI is InChI=1S/C19H30N2/c1-16(2)8-6-13-21-14-18-11-7-12-20(18)15-19(21)17-9-4-3-5-10-17/h3-5,9-10,16,18-19H,6-8,11-15H2,1-2H3. The highest BCUT2D eigenvalue weighted by atomic mass is 15.3. The second kappa shape index (κ2) is 6.93. The highest BCUT2D eigenvalue weighted by Crippen LogP contribution is 2.32. The molecule has 0 spiro atoms. The third-order valence-corrected chi connectivity index (χ3v) is 5.20. The Morgan fingerprint density at radius 1 is 1.14 bits per heavy atom. The smallest absolute Gasteiger partial charge is 0.0475 e. The van der Waals surface area contributed by atoms with E-state index in [1.165, 1.54) is 57.4 Å². The van der Waals surface area contributed by atoms with E-state index in [1.54, 1.807) is 0 Å². The van der Waals surface area contributed by atoms with Crippen LogP contribution in [0.5, 0.6) is 0 Å². The average molecular weight is 286 g/mol. The summed E-state index contributed by atoms with van der Waals surface area (Å²) in [5, 5.41) is 0. The van der Waals surface area contributed by atoms with Crippen LogP contribution in [0, 0.1) is 5.92 Å². The largest absolute Gasteiger partial charge is 0.297 e. The van der Waals surface area contributed by atoms with Crippen molar-refractivity contribution in [3.63, 3.8) is 0 Å². The van der Waals surface area contributed by atoms with Gasteiger partial charge in [-0.05, 0) is 50.3 Å². The predicted octanol–water partition coefficient (Wildman–Crippen LogP) is 3.94. The average Bonchev–Trinajstić information content (AvgIpc) is 2.94. The molecule has 21 heavy (non-hydrogen) atoms. The summed E-state index contributed by atoms with van der Waals surface area (Å²) in [6, 6.07) is 12.6. The van der Waals surface area contributed by atoms with Crippen LogP contribution in [0.2, 0.25) is 0 Å². The van der Waals surface area contributed by atoms with E-state index in [-0.39, 0.29) is 0 Å². The fourth-order valence-electron chi connectivity index (χ4n) is 4.02. The number of piperazine rings is 1. The van der Waals surface area contributed by atoms with E-state index in [0.29, 0.717) is 6.04 Å². The third kappa shape index (κ3) is 3.67. The van der Waals surface area contributed by atoms with E-state index >= 15 is 0 Å². The van der Waals surface area contributed by atoms with Gasteiger partial charge in [0.2, 0.25) is 0 Å². The molecule has 116 valence electrons. The van der Waals surface area contributed by atoms with E-state index in [0.717, 1.165) is 12.0 Å². The summed E-state index contributed by atoms with van der Waals surface area (Å²) in [7, 11) is 0. The van der Waals surface area contributed by atoms with Crippen LogP contribution in [0.1, 0.15) is 51.1 Å². The maximum atomic E-state index is 2.77. The minimum Gasteiger partial charge on any atom is -0.297 e. The van der Waals surface area contributed by atoms with Crippen LogP contribution in [0.25, 0.3) is 0 Å². The molecule has 1 aromatic rings. The highest BCUT2D eigenvalue weighted by molar-refractivity contribution is 5.20. The van der Waals surface area contributed by atoms with Crippen molar-refractivity contribution < 1.29 is 0 Å². The lowest BCUT2D eigenvalue weighted by Gasteiger charge is -2.44. The lowest BCUT2D eigenvalue weighted by atomic mass is 9.99. The van der Waals surface area contributed by atoms with Crippen LogP contribution in [0.3, 0.4) is 0 Å². The highest BCUT2D eigenvalue weighted by Gasteiger charge is 2.36. The van der Waals surface area contributed by atoms with Gasteiger partial charge in [-0.3, -0.25) is 9.80 Å². The molecule has 2 heterocycles. The van der Waals surface area contributed by atoms with Gasteiger partial charge >= 0.3 is 0 Å². The van der Waals surface area contributed by atoms with Crippen LogP contribution in [-0.2, 0) is 0 Å². The van der Waals surface area contributed by atoms with Crippen molar-refractivity contribution in [2.75, 3.05) is 26.2 Å². The van der Waals surface area contributed by atoms with Crippen LogP contribution >= 0.6 is 0 Å². The third-order valence-electron chi connectivity index (χ3n) is 5.20. The molecule has 2 aliphatic heterocycles. The van der Waals surface area contributed by atoms with Gasteiger partial charge in [-0.1, -0.05) is 44.2 Å². The van der Waals surface area contributed by atoms with Gasteiger partial charge < -0.3 is 0 Å². The van der Waals surface area contributed by atoms with Gasteiger partial charge in [-0.2, -0.15) is 0 Å². The maximum absolute atomic E-state index is 2.77. The predicted molar refractivity (Wildman–Crippen MR) is 89.4 cm³/mol. The number of rotatable bonds is 5. The van der Waals surface area contributed by atoms with Gasteiger partial charge in [-0.25, -0.2) is 0 Å². The summed E-state index contributed by atoms with van der Waals surface area (Å²) in [5.74, 6) is 0.827. The SMILES string of the molecule is CC(C)CCCN1CC2CCCN2CC1c1ccccc1. The Morgan fingerprint density at radius 2 is 1.95 bits per heavy atom. The van der Waals surface area contributed by atoms with Gasteiger partial charge in [0.05, 0.1) is 0 Å². The van der Waals surface area contributed by atoms with Gasteiger partial charge in [0, 0.05) is 25.2 Å². The molecule has 1 aromatic carbocycles. The summed E-state index contributed by atoms with van der Waals surface area (Å²) in [6.45, 7) is 9.76. The molecule has 0 bridgehead atoms. The van der Waals surface area contributed by atoms with E-state index in [9.17, 15) is 0 Å². The summed E-state index contributed by atoms with van der Waals surface area (Å²) < 4.78 is 0. The first kappa shape index (κ1) is 15.1. The first-order chi connectivity index (χ1) is 10.2. The fraction of sp³-hybridized carbons (Fsp3) is 0.684. The molecule has 2 unspecified atom stereocenters. The second-order valence-electron chi connectivity index (χ2n) is 7.25. The molecule has 0 amide bonds. The van der Waals surface area contributed by atoms with E-state index < -0.39 is 0 Å². The Labute approximate surface area is 130 Å². The molecular weight excluding hydrogens is 256 g/mol. The number of hydrogen-bond acceptors (Lipinski definition) is 2. The summed E-state index contributed by atoms with van der Waals surface area (Å²) in [6.07, 6.45) is 5.49. The quantitative estimate of drug-likeness (QED) is 0.809. The van der Waals surface area contributed by atoms with E-state index in [1.807, 2.05) is 0 Å². The van der Waals surface area contributed by atoms with Crippen molar-refractivity contribution in [3.05, 3.63) is 35.9 Å². The van der Waals surface area contributed by atoms with Gasteiger partial charge in [-0.15, -0.1) is 0 Å². The second-order valence-corrected chi connectivity index (χ2v) is 7.25. The summed E-state index contributed by atoms with van der Waals surface area (Å²) >= 11 is 0. The Kier molecular flexibility index (Phi) is 4.97. The Morgan fingerprint density at radius 3 is 2.71 bits per heavy atom. The minimum atomic E-state index is 0.604. The van der Waals surface area contributed by atoms with Crippen LogP contribution in [-0.4, -0.2) is 42.0 Å². The molecule has 2 atom stereocenters. The molecule has 0 N–H and O–H groups in total. The molecular formula is C19H30N2. The summed E-state index contributed by atoms with van der Waals surface area (Å²) in [4.78, 5) is 5.50. The maximum Gasteiger partial charge on any atom is 0.0475 e. The van der Waals surface area contributed by atoms with Crippen molar-refractivity contribution in [1.29, 1.82) is 0 Å². The van der Waals surface area contributed by atoms with Crippen molar-refractivity contribution >= 4 is 0 Å². The van der Waals surface area contributed by atoms with Crippen molar-refractivity contribution in [2.24, 2.45) is 5.92 Å². The number of benzene rings is 1. The van der Waals surface area contributed by atoms with Crippen LogP contribution in [0.4, 0.5) is 0 Å². The van der Waals surface area contributed by atoms with Crippen LogP contribution in [0.15, 0.2) is 30.3 Å². The molecule has 3 rings (SSSR count). The zero-order valence-corrected chi connectivity index (χ0v) is 13.7. The minimum absolute atomic E-state index is 0.604. The lowest BCUT2D eigenvalue weighted by Crippen LogP contribution is -2.51.